The molecule has 3 rings (SSSR count). The highest BCUT2D eigenvalue weighted by Gasteiger charge is 2.09. The number of halogens is 2. The standard InChI is InChI=1S/C17H12F2N2O2/c18-11-3-8-15(14(19)10-11)20-12-4-6-13(7-5-12)21-17(22)16-2-1-9-23-16/h1-10,20H,(H,21,22). The quantitative estimate of drug-likeness (QED) is 0.742. The molecule has 0 aliphatic carbocycles. The predicted octanol–water partition coefficient (Wildman–Crippen LogP) is 4.55. The molecule has 1 amide bonds. The number of hydrogen-bond donors (Lipinski definition) is 2. The van der Waals surface area contributed by atoms with Crippen molar-refractivity contribution in [3.63, 3.8) is 0 Å². The van der Waals surface area contributed by atoms with Gasteiger partial charge in [0.2, 0.25) is 0 Å². The summed E-state index contributed by atoms with van der Waals surface area (Å²) in [6.45, 7) is 0. The highest BCUT2D eigenvalue weighted by molar-refractivity contribution is 6.02. The number of furan rings is 1. The zero-order chi connectivity index (χ0) is 16.2. The number of carbonyl (C=O) groups is 1. The van der Waals surface area contributed by atoms with E-state index in [1.165, 1.54) is 18.4 Å². The molecule has 23 heavy (non-hydrogen) atoms. The van der Waals surface area contributed by atoms with Crippen LogP contribution in [0.3, 0.4) is 0 Å². The molecule has 1 aromatic heterocycles. The second-order valence-electron chi connectivity index (χ2n) is 4.76. The van der Waals surface area contributed by atoms with Crippen molar-refractivity contribution in [2.24, 2.45) is 0 Å². The number of hydrogen-bond acceptors (Lipinski definition) is 3. The van der Waals surface area contributed by atoms with Gasteiger partial charge in [0.15, 0.2) is 5.76 Å². The zero-order valence-corrected chi connectivity index (χ0v) is 11.8. The van der Waals surface area contributed by atoms with Crippen LogP contribution in [0.25, 0.3) is 0 Å². The Kier molecular flexibility index (Phi) is 4.05. The van der Waals surface area contributed by atoms with E-state index in [0.29, 0.717) is 11.4 Å². The van der Waals surface area contributed by atoms with Gasteiger partial charge in [-0.25, -0.2) is 8.78 Å². The normalized spacial score (nSPS) is 10.3. The van der Waals surface area contributed by atoms with Gasteiger partial charge in [0.25, 0.3) is 5.91 Å². The van der Waals surface area contributed by atoms with E-state index >= 15 is 0 Å². The molecule has 2 aromatic carbocycles. The first-order valence-electron chi connectivity index (χ1n) is 6.79. The topological polar surface area (TPSA) is 54.3 Å². The third-order valence-corrected chi connectivity index (χ3v) is 3.10. The largest absolute Gasteiger partial charge is 0.459 e. The van der Waals surface area contributed by atoms with Crippen LogP contribution in [-0.4, -0.2) is 5.91 Å². The van der Waals surface area contributed by atoms with Gasteiger partial charge >= 0.3 is 0 Å². The Morgan fingerprint density at radius 3 is 2.35 bits per heavy atom. The van der Waals surface area contributed by atoms with Gasteiger partial charge in [-0.05, 0) is 48.5 Å². The maximum absolute atomic E-state index is 13.6. The zero-order valence-electron chi connectivity index (χ0n) is 11.8. The Hall–Kier alpha value is -3.15. The summed E-state index contributed by atoms with van der Waals surface area (Å²) >= 11 is 0. The van der Waals surface area contributed by atoms with Crippen molar-refractivity contribution in [2.45, 2.75) is 0 Å². The van der Waals surface area contributed by atoms with Gasteiger partial charge in [0.1, 0.15) is 11.6 Å². The summed E-state index contributed by atoms with van der Waals surface area (Å²) in [7, 11) is 0. The Labute approximate surface area is 130 Å². The van der Waals surface area contributed by atoms with Crippen molar-refractivity contribution in [3.8, 4) is 0 Å². The molecule has 0 atom stereocenters. The number of benzene rings is 2. The molecule has 116 valence electrons. The first-order chi connectivity index (χ1) is 11.1. The maximum Gasteiger partial charge on any atom is 0.291 e. The summed E-state index contributed by atoms with van der Waals surface area (Å²) in [5.41, 5.74) is 1.34. The molecule has 4 nitrogen and oxygen atoms in total. The molecule has 0 bridgehead atoms. The molecule has 0 aliphatic rings. The lowest BCUT2D eigenvalue weighted by atomic mass is 10.2. The number of anilines is 3. The van der Waals surface area contributed by atoms with Crippen molar-refractivity contribution >= 4 is 23.0 Å². The second kappa shape index (κ2) is 6.31. The third kappa shape index (κ3) is 3.55. The first-order valence-corrected chi connectivity index (χ1v) is 6.79. The van der Waals surface area contributed by atoms with Crippen molar-refractivity contribution in [1.29, 1.82) is 0 Å². The average Bonchev–Trinajstić information content (AvgIpc) is 3.06. The third-order valence-electron chi connectivity index (χ3n) is 3.10. The molecule has 0 radical (unpaired) electrons. The van der Waals surface area contributed by atoms with E-state index in [1.54, 1.807) is 36.4 Å². The van der Waals surface area contributed by atoms with Crippen LogP contribution < -0.4 is 10.6 Å². The Morgan fingerprint density at radius 2 is 1.70 bits per heavy atom. The first kappa shape index (κ1) is 14.8. The Balaban J connectivity index is 1.68. The average molecular weight is 314 g/mol. The van der Waals surface area contributed by atoms with Crippen molar-refractivity contribution < 1.29 is 18.0 Å². The summed E-state index contributed by atoms with van der Waals surface area (Å²) in [6.07, 6.45) is 1.42. The SMILES string of the molecule is O=C(Nc1ccc(Nc2ccc(F)cc2F)cc1)c1ccco1. The maximum atomic E-state index is 13.6. The molecule has 0 unspecified atom stereocenters. The monoisotopic (exact) mass is 314 g/mol. The number of amides is 1. The van der Waals surface area contributed by atoms with Gasteiger partial charge in [0.05, 0.1) is 12.0 Å². The summed E-state index contributed by atoms with van der Waals surface area (Å²) < 4.78 is 31.4. The summed E-state index contributed by atoms with van der Waals surface area (Å²) in [5.74, 6) is -1.47. The summed E-state index contributed by atoms with van der Waals surface area (Å²) in [4.78, 5) is 11.8. The smallest absolute Gasteiger partial charge is 0.291 e. The molecular weight excluding hydrogens is 302 g/mol. The molecule has 0 saturated heterocycles. The Morgan fingerprint density at radius 1 is 0.957 bits per heavy atom. The van der Waals surface area contributed by atoms with Crippen LogP contribution in [0.15, 0.2) is 65.3 Å². The lowest BCUT2D eigenvalue weighted by Crippen LogP contribution is -2.10. The fourth-order valence-corrected chi connectivity index (χ4v) is 1.98. The van der Waals surface area contributed by atoms with Gasteiger partial charge in [-0.3, -0.25) is 4.79 Å². The molecule has 1 heterocycles. The van der Waals surface area contributed by atoms with Crippen LogP contribution in [0.2, 0.25) is 0 Å². The fraction of sp³-hybridized carbons (Fsp3) is 0. The van der Waals surface area contributed by atoms with Crippen LogP contribution in [-0.2, 0) is 0 Å². The highest BCUT2D eigenvalue weighted by Crippen LogP contribution is 2.22. The number of nitrogens with one attached hydrogen (secondary N) is 2. The van der Waals surface area contributed by atoms with Crippen LogP contribution >= 0.6 is 0 Å². The molecular formula is C17H12F2N2O2. The van der Waals surface area contributed by atoms with Crippen molar-refractivity contribution in [3.05, 3.63) is 78.3 Å². The minimum absolute atomic E-state index is 0.166. The molecule has 0 fully saturated rings. The highest BCUT2D eigenvalue weighted by atomic mass is 19.1. The van der Waals surface area contributed by atoms with E-state index < -0.39 is 11.6 Å². The number of carbonyl (C=O) groups excluding carboxylic acids is 1. The molecule has 0 spiro atoms. The van der Waals surface area contributed by atoms with E-state index in [9.17, 15) is 13.6 Å². The van der Waals surface area contributed by atoms with E-state index in [4.69, 9.17) is 4.42 Å². The summed E-state index contributed by atoms with van der Waals surface area (Å²) in [5, 5.41) is 5.50. The van der Waals surface area contributed by atoms with Gasteiger partial charge in [-0.2, -0.15) is 0 Å². The van der Waals surface area contributed by atoms with E-state index in [-0.39, 0.29) is 17.4 Å². The predicted molar refractivity (Wildman–Crippen MR) is 82.7 cm³/mol. The van der Waals surface area contributed by atoms with Crippen LogP contribution in [0.5, 0.6) is 0 Å². The van der Waals surface area contributed by atoms with Gasteiger partial charge in [-0.15, -0.1) is 0 Å². The van der Waals surface area contributed by atoms with Gasteiger partial charge in [0, 0.05) is 17.4 Å². The lowest BCUT2D eigenvalue weighted by Gasteiger charge is -2.09. The van der Waals surface area contributed by atoms with E-state index in [2.05, 4.69) is 10.6 Å². The molecule has 0 saturated carbocycles. The van der Waals surface area contributed by atoms with E-state index in [1.807, 2.05) is 0 Å². The van der Waals surface area contributed by atoms with Crippen molar-refractivity contribution in [2.75, 3.05) is 10.6 Å². The minimum Gasteiger partial charge on any atom is -0.459 e. The second-order valence-corrected chi connectivity index (χ2v) is 4.76. The van der Waals surface area contributed by atoms with Crippen molar-refractivity contribution in [1.82, 2.24) is 0 Å². The molecule has 0 aliphatic heterocycles. The van der Waals surface area contributed by atoms with Crippen LogP contribution in [0.4, 0.5) is 25.8 Å². The van der Waals surface area contributed by atoms with Crippen LogP contribution in [0.1, 0.15) is 10.6 Å². The van der Waals surface area contributed by atoms with Gasteiger partial charge < -0.3 is 15.1 Å². The van der Waals surface area contributed by atoms with Gasteiger partial charge in [-0.1, -0.05) is 0 Å². The summed E-state index contributed by atoms with van der Waals surface area (Å²) in [6, 6.07) is 13.1. The molecule has 2 N–H and O–H groups in total. The lowest BCUT2D eigenvalue weighted by molar-refractivity contribution is 0.0996. The van der Waals surface area contributed by atoms with Crippen LogP contribution in [0, 0.1) is 11.6 Å². The number of rotatable bonds is 4. The molecule has 3 aromatic rings. The Bertz CT molecular complexity index is 815. The minimum atomic E-state index is -0.680. The molecule has 6 heteroatoms. The van der Waals surface area contributed by atoms with E-state index in [0.717, 1.165) is 6.07 Å². The fourth-order valence-electron chi connectivity index (χ4n) is 1.98.